The molecule has 0 amide bonds. The van der Waals surface area contributed by atoms with Crippen molar-refractivity contribution in [3.63, 3.8) is 0 Å². The number of aliphatic carboxylic acids is 1. The number of hydrogen-bond acceptors (Lipinski definition) is 3. The number of carboxylic acid groups (broad SMARTS) is 1. The van der Waals surface area contributed by atoms with Crippen LogP contribution in [0.15, 0.2) is 30.3 Å². The van der Waals surface area contributed by atoms with Crippen LogP contribution in [-0.2, 0) is 19.3 Å². The highest BCUT2D eigenvalue weighted by molar-refractivity contribution is 7.59. The Labute approximate surface area is 118 Å². The van der Waals surface area contributed by atoms with Crippen LogP contribution in [0.3, 0.4) is 0 Å². The largest absolute Gasteiger partial charge is 0.480 e. The molecule has 0 radical (unpaired) electrons. The molecule has 0 saturated carbocycles. The van der Waals surface area contributed by atoms with Crippen molar-refractivity contribution < 1.29 is 24.1 Å². The van der Waals surface area contributed by atoms with Gasteiger partial charge in [-0.05, 0) is 18.4 Å². The zero-order valence-corrected chi connectivity index (χ0v) is 12.3. The lowest BCUT2D eigenvalue weighted by molar-refractivity contribution is -0.141. The van der Waals surface area contributed by atoms with Gasteiger partial charge in [-0.15, -0.1) is 0 Å². The molecule has 0 aromatic heterocycles. The summed E-state index contributed by atoms with van der Waals surface area (Å²) in [7, 11) is -3.92. The van der Waals surface area contributed by atoms with E-state index >= 15 is 0 Å². The molecular formula is C14H19O5P. The fraction of sp³-hybridized carbons (Fsp3) is 0.500. The Kier molecular flexibility index (Phi) is 4.33. The van der Waals surface area contributed by atoms with Gasteiger partial charge in [-0.3, -0.25) is 9.36 Å². The van der Waals surface area contributed by atoms with E-state index in [0.717, 1.165) is 19.5 Å². The Hall–Kier alpha value is -1.16. The number of rotatable bonds is 5. The van der Waals surface area contributed by atoms with Crippen LogP contribution in [0.1, 0.15) is 24.8 Å². The van der Waals surface area contributed by atoms with Crippen molar-refractivity contribution >= 4 is 13.3 Å². The summed E-state index contributed by atoms with van der Waals surface area (Å²) in [6.45, 7) is 1.69. The minimum atomic E-state index is -3.92. The van der Waals surface area contributed by atoms with Crippen LogP contribution in [0.4, 0.5) is 0 Å². The molecule has 1 fully saturated rings. The third kappa shape index (κ3) is 2.66. The van der Waals surface area contributed by atoms with Crippen LogP contribution in [0.5, 0.6) is 0 Å². The summed E-state index contributed by atoms with van der Waals surface area (Å²) in [5.41, 5.74) is 0.358. The van der Waals surface area contributed by atoms with E-state index in [2.05, 4.69) is 0 Å². The van der Waals surface area contributed by atoms with Gasteiger partial charge in [0.05, 0.1) is 6.10 Å². The monoisotopic (exact) mass is 298 g/mol. The topological polar surface area (TPSA) is 83.8 Å². The predicted molar refractivity (Wildman–Crippen MR) is 75.1 cm³/mol. The van der Waals surface area contributed by atoms with Crippen LogP contribution in [0.25, 0.3) is 0 Å². The van der Waals surface area contributed by atoms with Gasteiger partial charge in [0.15, 0.2) is 5.16 Å². The molecule has 1 saturated heterocycles. The summed E-state index contributed by atoms with van der Waals surface area (Å²) in [4.78, 5) is 22.0. The second-order valence-electron chi connectivity index (χ2n) is 5.25. The van der Waals surface area contributed by atoms with Crippen LogP contribution in [0.2, 0.25) is 0 Å². The number of carbonyl (C=O) groups is 1. The summed E-state index contributed by atoms with van der Waals surface area (Å²) in [6, 6.07) is 8.29. The van der Waals surface area contributed by atoms with Crippen molar-refractivity contribution in [3.05, 3.63) is 35.9 Å². The molecule has 5 nitrogen and oxygen atoms in total. The Morgan fingerprint density at radius 1 is 1.45 bits per heavy atom. The summed E-state index contributed by atoms with van der Waals surface area (Å²) < 4.78 is 17.9. The van der Waals surface area contributed by atoms with Gasteiger partial charge >= 0.3 is 5.97 Å². The van der Waals surface area contributed by atoms with E-state index in [1.807, 2.05) is 0 Å². The third-order valence-corrected chi connectivity index (χ3v) is 5.91. The van der Waals surface area contributed by atoms with Crippen LogP contribution >= 0.6 is 7.37 Å². The second kappa shape index (κ2) is 5.68. The standard InChI is InChI=1S/C14H19O5P/c1-20(17,18)14(13(15)16,10-12-8-5-9-19-12)11-6-3-2-4-7-11/h2-4,6-7,12H,5,8-10H2,1H3,(H,15,16)(H,17,18). The number of hydrogen-bond donors (Lipinski definition) is 2. The summed E-state index contributed by atoms with van der Waals surface area (Å²) in [5.74, 6) is -1.27. The van der Waals surface area contributed by atoms with Crippen molar-refractivity contribution in [1.29, 1.82) is 0 Å². The Morgan fingerprint density at radius 3 is 2.55 bits per heavy atom. The lowest BCUT2D eigenvalue weighted by atomic mass is 9.91. The highest BCUT2D eigenvalue weighted by Crippen LogP contribution is 2.60. The third-order valence-electron chi connectivity index (χ3n) is 3.86. The van der Waals surface area contributed by atoms with E-state index in [0.29, 0.717) is 12.2 Å². The zero-order valence-electron chi connectivity index (χ0n) is 11.4. The van der Waals surface area contributed by atoms with Crippen molar-refractivity contribution in [2.45, 2.75) is 30.5 Å². The maximum Gasteiger partial charge on any atom is 0.324 e. The van der Waals surface area contributed by atoms with E-state index in [-0.39, 0.29) is 12.5 Å². The van der Waals surface area contributed by atoms with Gasteiger partial charge in [-0.1, -0.05) is 30.3 Å². The van der Waals surface area contributed by atoms with E-state index in [4.69, 9.17) is 4.74 Å². The number of carboxylic acids is 1. The van der Waals surface area contributed by atoms with Gasteiger partial charge in [0.2, 0.25) is 7.37 Å². The first-order valence-electron chi connectivity index (χ1n) is 6.59. The first-order valence-corrected chi connectivity index (χ1v) is 8.69. The lowest BCUT2D eigenvalue weighted by Gasteiger charge is -2.34. The normalized spacial score (nSPS) is 24.8. The van der Waals surface area contributed by atoms with Gasteiger partial charge in [-0.2, -0.15) is 0 Å². The molecule has 0 bridgehead atoms. The first kappa shape index (κ1) is 15.2. The van der Waals surface area contributed by atoms with Crippen LogP contribution in [-0.4, -0.2) is 35.3 Å². The fourth-order valence-corrected chi connectivity index (χ4v) is 4.29. The SMILES string of the molecule is CP(=O)(O)C(CC1CCCO1)(C(=O)O)c1ccccc1. The molecule has 2 rings (SSSR count). The molecule has 6 heteroatoms. The van der Waals surface area contributed by atoms with Gasteiger partial charge in [-0.25, -0.2) is 0 Å². The minimum Gasteiger partial charge on any atom is -0.480 e. The summed E-state index contributed by atoms with van der Waals surface area (Å²) in [5, 5.41) is 7.88. The molecule has 0 spiro atoms. The van der Waals surface area contributed by atoms with E-state index < -0.39 is 18.5 Å². The Balaban J connectivity index is 2.50. The van der Waals surface area contributed by atoms with E-state index in [1.165, 1.54) is 0 Å². The molecule has 1 heterocycles. The maximum atomic E-state index is 12.4. The lowest BCUT2D eigenvalue weighted by Crippen LogP contribution is -2.39. The van der Waals surface area contributed by atoms with Crippen molar-refractivity contribution in [2.24, 2.45) is 0 Å². The van der Waals surface area contributed by atoms with Gasteiger partial charge < -0.3 is 14.7 Å². The van der Waals surface area contributed by atoms with Crippen molar-refractivity contribution in [1.82, 2.24) is 0 Å². The van der Waals surface area contributed by atoms with E-state index in [9.17, 15) is 19.4 Å². The van der Waals surface area contributed by atoms with Gasteiger partial charge in [0.25, 0.3) is 0 Å². The molecule has 1 aliphatic rings. The van der Waals surface area contributed by atoms with Gasteiger partial charge in [0.1, 0.15) is 0 Å². The summed E-state index contributed by atoms with van der Waals surface area (Å²) >= 11 is 0. The number of ether oxygens (including phenoxy) is 1. The molecule has 0 aliphatic carbocycles. The fourth-order valence-electron chi connectivity index (χ4n) is 2.76. The molecule has 2 N–H and O–H groups in total. The molecule has 110 valence electrons. The van der Waals surface area contributed by atoms with Crippen molar-refractivity contribution in [2.75, 3.05) is 13.3 Å². The molecule has 3 atom stereocenters. The quantitative estimate of drug-likeness (QED) is 0.816. The highest BCUT2D eigenvalue weighted by atomic mass is 31.2. The van der Waals surface area contributed by atoms with Gasteiger partial charge in [0, 0.05) is 19.7 Å². The molecule has 3 unspecified atom stereocenters. The molecule has 1 aliphatic heterocycles. The average molecular weight is 298 g/mol. The maximum absolute atomic E-state index is 12.4. The Bertz CT molecular complexity index is 518. The predicted octanol–water partition coefficient (Wildman–Crippen LogP) is 2.44. The molecule has 20 heavy (non-hydrogen) atoms. The number of benzene rings is 1. The molecule has 1 aromatic carbocycles. The first-order chi connectivity index (χ1) is 9.38. The zero-order chi connectivity index (χ0) is 14.8. The minimum absolute atomic E-state index is 0.0244. The highest BCUT2D eigenvalue weighted by Gasteiger charge is 2.54. The van der Waals surface area contributed by atoms with Crippen LogP contribution in [0, 0.1) is 0 Å². The molecular weight excluding hydrogens is 279 g/mol. The van der Waals surface area contributed by atoms with Crippen molar-refractivity contribution in [3.8, 4) is 0 Å². The van der Waals surface area contributed by atoms with E-state index in [1.54, 1.807) is 30.3 Å². The average Bonchev–Trinajstić information content (AvgIpc) is 2.87. The Morgan fingerprint density at radius 2 is 2.10 bits per heavy atom. The molecule has 1 aromatic rings. The smallest absolute Gasteiger partial charge is 0.324 e. The summed E-state index contributed by atoms with van der Waals surface area (Å²) in [6.07, 6.45) is 1.32. The second-order valence-corrected chi connectivity index (χ2v) is 7.77. The van der Waals surface area contributed by atoms with Crippen LogP contribution < -0.4 is 0 Å².